The van der Waals surface area contributed by atoms with Gasteiger partial charge in [-0.05, 0) is 24.5 Å². The Bertz CT molecular complexity index is 401. The third-order valence-electron chi connectivity index (χ3n) is 2.53. The molecule has 0 aliphatic rings. The average Bonchev–Trinajstić information content (AvgIpc) is 2.22. The van der Waals surface area contributed by atoms with Gasteiger partial charge in [-0.3, -0.25) is 4.79 Å². The van der Waals surface area contributed by atoms with Gasteiger partial charge in [-0.2, -0.15) is 0 Å². The summed E-state index contributed by atoms with van der Waals surface area (Å²) >= 11 is 6.15. The molecule has 1 unspecified atom stereocenters. The molecule has 88 valence electrons. The van der Waals surface area contributed by atoms with Gasteiger partial charge in [0.25, 0.3) is 0 Å². The maximum atomic E-state index is 10.8. The van der Waals surface area contributed by atoms with E-state index in [2.05, 4.69) is 0 Å². The quantitative estimate of drug-likeness (QED) is 0.883. The molecule has 1 rings (SSSR count). The van der Waals surface area contributed by atoms with E-state index in [1.165, 1.54) is 0 Å². The fourth-order valence-corrected chi connectivity index (χ4v) is 1.89. The van der Waals surface area contributed by atoms with Gasteiger partial charge >= 0.3 is 5.97 Å². The molecule has 16 heavy (non-hydrogen) atoms. The van der Waals surface area contributed by atoms with Gasteiger partial charge in [-0.25, -0.2) is 0 Å². The lowest BCUT2D eigenvalue weighted by atomic mass is 10.00. The van der Waals surface area contributed by atoms with Crippen LogP contribution in [0.3, 0.4) is 0 Å². The first kappa shape index (κ1) is 12.8. The third kappa shape index (κ3) is 2.67. The fraction of sp³-hybridized carbons (Fsp3) is 0.417. The van der Waals surface area contributed by atoms with E-state index in [4.69, 9.17) is 21.4 Å². The largest absolute Gasteiger partial charge is 0.495 e. The molecular formula is C12H15ClO3. The minimum atomic E-state index is -0.824. The molecule has 0 saturated carbocycles. The number of ether oxygens (including phenoxy) is 1. The van der Waals surface area contributed by atoms with Crippen molar-refractivity contribution in [3.05, 3.63) is 28.3 Å². The van der Waals surface area contributed by atoms with Gasteiger partial charge in [0.2, 0.25) is 0 Å². The average molecular weight is 243 g/mol. The maximum Gasteiger partial charge on any atom is 0.306 e. The van der Waals surface area contributed by atoms with Gasteiger partial charge in [0.15, 0.2) is 0 Å². The first-order valence-corrected chi connectivity index (χ1v) is 5.40. The number of aryl methyl sites for hydroxylation is 1. The van der Waals surface area contributed by atoms with Gasteiger partial charge in [0.1, 0.15) is 5.75 Å². The van der Waals surface area contributed by atoms with E-state index in [9.17, 15) is 4.79 Å². The van der Waals surface area contributed by atoms with Gasteiger partial charge in [0.05, 0.1) is 18.1 Å². The standard InChI is InChI=1S/C12H15ClO3/c1-7-4-5-9(6-8(2)12(14)15)10(13)11(7)16-3/h4-5,8H,6H2,1-3H3,(H,14,15). The second kappa shape index (κ2) is 5.21. The summed E-state index contributed by atoms with van der Waals surface area (Å²) in [6.07, 6.45) is 0.408. The molecule has 0 saturated heterocycles. The van der Waals surface area contributed by atoms with E-state index in [1.54, 1.807) is 14.0 Å². The smallest absolute Gasteiger partial charge is 0.306 e. The topological polar surface area (TPSA) is 46.5 Å². The van der Waals surface area contributed by atoms with Crippen LogP contribution in [-0.4, -0.2) is 18.2 Å². The summed E-state index contributed by atoms with van der Waals surface area (Å²) in [6, 6.07) is 3.73. The van der Waals surface area contributed by atoms with Crippen LogP contribution in [0.1, 0.15) is 18.1 Å². The van der Waals surface area contributed by atoms with E-state index in [-0.39, 0.29) is 0 Å². The highest BCUT2D eigenvalue weighted by Gasteiger charge is 2.16. The Morgan fingerprint density at radius 3 is 2.69 bits per heavy atom. The molecule has 1 aromatic carbocycles. The van der Waals surface area contributed by atoms with Crippen molar-refractivity contribution in [2.75, 3.05) is 7.11 Å². The fourth-order valence-electron chi connectivity index (χ4n) is 1.52. The van der Waals surface area contributed by atoms with Crippen LogP contribution in [0.4, 0.5) is 0 Å². The highest BCUT2D eigenvalue weighted by Crippen LogP contribution is 2.32. The Kier molecular flexibility index (Phi) is 4.19. The minimum absolute atomic E-state index is 0.408. The number of halogens is 1. The zero-order chi connectivity index (χ0) is 12.3. The first-order chi connectivity index (χ1) is 7.47. The van der Waals surface area contributed by atoms with E-state index < -0.39 is 11.9 Å². The SMILES string of the molecule is COc1c(C)ccc(CC(C)C(=O)O)c1Cl. The van der Waals surface area contributed by atoms with Gasteiger partial charge < -0.3 is 9.84 Å². The molecule has 0 amide bonds. The molecule has 1 atom stereocenters. The van der Waals surface area contributed by atoms with E-state index >= 15 is 0 Å². The number of aliphatic carboxylic acids is 1. The molecule has 3 nitrogen and oxygen atoms in total. The molecule has 0 bridgehead atoms. The van der Waals surface area contributed by atoms with Crippen molar-refractivity contribution in [1.82, 2.24) is 0 Å². The van der Waals surface area contributed by atoms with Crippen LogP contribution in [0.2, 0.25) is 5.02 Å². The Morgan fingerprint density at radius 2 is 2.19 bits per heavy atom. The summed E-state index contributed by atoms with van der Waals surface area (Å²) in [5, 5.41) is 9.35. The van der Waals surface area contributed by atoms with Gasteiger partial charge in [-0.15, -0.1) is 0 Å². The van der Waals surface area contributed by atoms with Crippen LogP contribution in [0.15, 0.2) is 12.1 Å². The number of benzene rings is 1. The summed E-state index contributed by atoms with van der Waals surface area (Å²) in [7, 11) is 1.55. The molecule has 1 aromatic rings. The van der Waals surface area contributed by atoms with Crippen LogP contribution < -0.4 is 4.74 Å². The number of carbonyl (C=O) groups is 1. The number of hydrogen-bond acceptors (Lipinski definition) is 2. The predicted molar refractivity (Wildman–Crippen MR) is 63.2 cm³/mol. The molecule has 0 aliphatic carbocycles. The zero-order valence-electron chi connectivity index (χ0n) is 9.58. The summed E-state index contributed by atoms with van der Waals surface area (Å²) < 4.78 is 5.18. The Labute approximate surface area is 100.0 Å². The molecule has 0 fully saturated rings. The summed E-state index contributed by atoms with van der Waals surface area (Å²) in [4.78, 5) is 10.8. The first-order valence-electron chi connectivity index (χ1n) is 5.02. The Hall–Kier alpha value is -1.22. The number of rotatable bonds is 4. The van der Waals surface area contributed by atoms with Crippen LogP contribution in [0.25, 0.3) is 0 Å². The predicted octanol–water partition coefficient (Wildman–Crippen LogP) is 2.92. The monoisotopic (exact) mass is 242 g/mol. The van der Waals surface area contributed by atoms with Crippen molar-refractivity contribution in [2.24, 2.45) is 5.92 Å². The molecule has 0 heterocycles. The molecule has 0 aromatic heterocycles. The number of methoxy groups -OCH3 is 1. The van der Waals surface area contributed by atoms with E-state index in [0.717, 1.165) is 11.1 Å². The van der Waals surface area contributed by atoms with Crippen LogP contribution in [-0.2, 0) is 11.2 Å². The lowest BCUT2D eigenvalue weighted by Crippen LogP contribution is -2.12. The summed E-state index contributed by atoms with van der Waals surface area (Å²) in [6.45, 7) is 3.56. The van der Waals surface area contributed by atoms with Gasteiger partial charge in [-0.1, -0.05) is 30.7 Å². The second-order valence-corrected chi connectivity index (χ2v) is 4.21. The second-order valence-electron chi connectivity index (χ2n) is 3.83. The van der Waals surface area contributed by atoms with Crippen molar-refractivity contribution in [2.45, 2.75) is 20.3 Å². The van der Waals surface area contributed by atoms with Crippen molar-refractivity contribution in [3.63, 3.8) is 0 Å². The van der Waals surface area contributed by atoms with Crippen molar-refractivity contribution >= 4 is 17.6 Å². The summed E-state index contributed by atoms with van der Waals surface area (Å²) in [5.74, 6) is -0.655. The molecule has 0 aliphatic heterocycles. The van der Waals surface area contributed by atoms with E-state index in [1.807, 2.05) is 19.1 Å². The number of carboxylic acid groups (broad SMARTS) is 1. The van der Waals surface area contributed by atoms with Crippen molar-refractivity contribution in [1.29, 1.82) is 0 Å². The Balaban J connectivity index is 3.02. The van der Waals surface area contributed by atoms with Crippen molar-refractivity contribution < 1.29 is 14.6 Å². The zero-order valence-corrected chi connectivity index (χ0v) is 10.3. The molecule has 1 N–H and O–H groups in total. The summed E-state index contributed by atoms with van der Waals surface area (Å²) in [5.41, 5.74) is 1.75. The minimum Gasteiger partial charge on any atom is -0.495 e. The van der Waals surface area contributed by atoms with Crippen LogP contribution in [0.5, 0.6) is 5.75 Å². The molecular weight excluding hydrogens is 228 g/mol. The lowest BCUT2D eigenvalue weighted by molar-refractivity contribution is -0.141. The lowest BCUT2D eigenvalue weighted by Gasteiger charge is -2.13. The normalized spacial score (nSPS) is 12.2. The Morgan fingerprint density at radius 1 is 1.56 bits per heavy atom. The van der Waals surface area contributed by atoms with Gasteiger partial charge in [0, 0.05) is 0 Å². The highest BCUT2D eigenvalue weighted by molar-refractivity contribution is 6.33. The number of hydrogen-bond donors (Lipinski definition) is 1. The molecule has 4 heteroatoms. The van der Waals surface area contributed by atoms with Crippen LogP contribution in [0, 0.1) is 12.8 Å². The highest BCUT2D eigenvalue weighted by atomic mass is 35.5. The maximum absolute atomic E-state index is 10.8. The van der Waals surface area contributed by atoms with Crippen LogP contribution >= 0.6 is 11.6 Å². The molecule has 0 radical (unpaired) electrons. The number of carboxylic acids is 1. The van der Waals surface area contributed by atoms with Crippen molar-refractivity contribution in [3.8, 4) is 5.75 Å². The third-order valence-corrected chi connectivity index (χ3v) is 2.94. The van der Waals surface area contributed by atoms with E-state index in [0.29, 0.717) is 17.2 Å². The molecule has 0 spiro atoms.